The number of carbonyl (C=O) groups excluding carboxylic acids is 2. The molecule has 19 heavy (non-hydrogen) atoms. The molecule has 1 aromatic carbocycles. The van der Waals surface area contributed by atoms with E-state index in [1.807, 2.05) is 24.3 Å². The molecule has 0 aromatic heterocycles. The summed E-state index contributed by atoms with van der Waals surface area (Å²) in [6, 6.07) is 7.11. The molecule has 4 N–H and O–H groups in total. The molecule has 0 bridgehead atoms. The molecule has 0 aliphatic rings. The topological polar surface area (TPSA) is 93.4 Å². The number of benzene rings is 1. The Kier molecular flexibility index (Phi) is 6.38. The minimum Gasteiger partial charge on any atom is -0.465 e. The summed E-state index contributed by atoms with van der Waals surface area (Å²) in [6.07, 6.45) is 0. The molecule has 0 spiro atoms. The second-order valence-corrected chi connectivity index (χ2v) is 3.94. The van der Waals surface area contributed by atoms with Crippen LogP contribution in [0.2, 0.25) is 0 Å². The van der Waals surface area contributed by atoms with Crippen LogP contribution < -0.4 is 16.4 Å². The second kappa shape index (κ2) is 8.10. The Labute approximate surface area is 112 Å². The lowest BCUT2D eigenvalue weighted by atomic mass is 10.1. The molecule has 0 aliphatic heterocycles. The number of ether oxygens (including phenoxy) is 1. The van der Waals surface area contributed by atoms with Crippen LogP contribution in [0.3, 0.4) is 0 Å². The summed E-state index contributed by atoms with van der Waals surface area (Å²) >= 11 is 0. The molecule has 104 valence electrons. The van der Waals surface area contributed by atoms with Gasteiger partial charge in [-0.2, -0.15) is 0 Å². The number of urea groups is 1. The number of primary amides is 1. The van der Waals surface area contributed by atoms with Crippen LogP contribution in [0, 0.1) is 0 Å². The molecule has 6 heteroatoms. The van der Waals surface area contributed by atoms with Crippen LogP contribution in [0.1, 0.15) is 18.1 Å². The highest BCUT2D eigenvalue weighted by Gasteiger charge is 2.01. The molecule has 0 saturated heterocycles. The van der Waals surface area contributed by atoms with Gasteiger partial charge in [0, 0.05) is 13.1 Å². The number of nitrogens with two attached hydrogens (primary N) is 1. The first-order valence-electron chi connectivity index (χ1n) is 6.09. The van der Waals surface area contributed by atoms with Gasteiger partial charge in [0.15, 0.2) is 0 Å². The first kappa shape index (κ1) is 15.0. The van der Waals surface area contributed by atoms with Crippen LogP contribution in [0.25, 0.3) is 0 Å². The van der Waals surface area contributed by atoms with Crippen LogP contribution >= 0.6 is 0 Å². The maximum Gasteiger partial charge on any atom is 0.319 e. The summed E-state index contributed by atoms with van der Waals surface area (Å²) in [5, 5.41) is 5.51. The van der Waals surface area contributed by atoms with E-state index < -0.39 is 6.03 Å². The van der Waals surface area contributed by atoms with Gasteiger partial charge in [-0.25, -0.2) is 4.79 Å². The molecule has 6 nitrogen and oxygen atoms in total. The zero-order chi connectivity index (χ0) is 14.1. The third kappa shape index (κ3) is 6.42. The quantitative estimate of drug-likeness (QED) is 0.626. The van der Waals surface area contributed by atoms with Crippen LogP contribution in [-0.2, 0) is 22.6 Å². The SMILES string of the molecule is CCOC(=O)CNCc1ccc(CNC(N)=O)cc1. The number of nitrogens with one attached hydrogen (secondary N) is 2. The highest BCUT2D eigenvalue weighted by Crippen LogP contribution is 2.03. The third-order valence-electron chi connectivity index (χ3n) is 2.39. The largest absolute Gasteiger partial charge is 0.465 e. The van der Waals surface area contributed by atoms with E-state index in [0.29, 0.717) is 19.7 Å². The molecule has 2 amide bonds. The van der Waals surface area contributed by atoms with Crippen molar-refractivity contribution in [1.29, 1.82) is 0 Å². The Bertz CT molecular complexity index is 418. The van der Waals surface area contributed by atoms with Gasteiger partial charge in [0.2, 0.25) is 0 Å². The van der Waals surface area contributed by atoms with Gasteiger partial charge in [-0.05, 0) is 18.1 Å². The number of esters is 1. The average Bonchev–Trinajstić information content (AvgIpc) is 2.38. The molecule has 0 saturated carbocycles. The minimum atomic E-state index is -0.542. The van der Waals surface area contributed by atoms with Crippen LogP contribution in [-0.4, -0.2) is 25.2 Å². The highest BCUT2D eigenvalue weighted by atomic mass is 16.5. The van der Waals surface area contributed by atoms with Gasteiger partial charge >= 0.3 is 12.0 Å². The zero-order valence-electron chi connectivity index (χ0n) is 10.9. The maximum absolute atomic E-state index is 11.1. The third-order valence-corrected chi connectivity index (χ3v) is 2.39. The molecule has 0 unspecified atom stereocenters. The van der Waals surface area contributed by atoms with Crippen molar-refractivity contribution in [3.8, 4) is 0 Å². The average molecular weight is 265 g/mol. The van der Waals surface area contributed by atoms with E-state index in [1.165, 1.54) is 0 Å². The Morgan fingerprint density at radius 1 is 1.16 bits per heavy atom. The van der Waals surface area contributed by atoms with E-state index in [9.17, 15) is 9.59 Å². The number of rotatable bonds is 7. The van der Waals surface area contributed by atoms with Crippen molar-refractivity contribution in [2.75, 3.05) is 13.2 Å². The van der Waals surface area contributed by atoms with E-state index in [-0.39, 0.29) is 12.5 Å². The van der Waals surface area contributed by atoms with Crippen molar-refractivity contribution in [2.24, 2.45) is 5.73 Å². The molecular formula is C13H19N3O3. The first-order valence-corrected chi connectivity index (χ1v) is 6.09. The lowest BCUT2D eigenvalue weighted by Crippen LogP contribution is -2.28. The fraction of sp³-hybridized carbons (Fsp3) is 0.385. The van der Waals surface area contributed by atoms with Crippen LogP contribution in [0.5, 0.6) is 0 Å². The summed E-state index contributed by atoms with van der Waals surface area (Å²) < 4.78 is 4.80. The Hall–Kier alpha value is -2.08. The molecular weight excluding hydrogens is 246 g/mol. The molecule has 0 heterocycles. The molecule has 1 rings (SSSR count). The van der Waals surface area contributed by atoms with Crippen molar-refractivity contribution >= 4 is 12.0 Å². The van der Waals surface area contributed by atoms with Gasteiger partial charge in [0.05, 0.1) is 13.2 Å². The van der Waals surface area contributed by atoms with Crippen molar-refractivity contribution in [2.45, 2.75) is 20.0 Å². The van der Waals surface area contributed by atoms with Crippen LogP contribution in [0.4, 0.5) is 4.79 Å². The van der Waals surface area contributed by atoms with E-state index in [1.54, 1.807) is 6.92 Å². The second-order valence-electron chi connectivity index (χ2n) is 3.94. The van der Waals surface area contributed by atoms with E-state index in [2.05, 4.69) is 10.6 Å². The van der Waals surface area contributed by atoms with Gasteiger partial charge < -0.3 is 21.1 Å². The molecule has 0 atom stereocenters. The normalized spacial score (nSPS) is 9.95. The lowest BCUT2D eigenvalue weighted by molar-refractivity contribution is -0.142. The van der Waals surface area contributed by atoms with Gasteiger partial charge in [-0.3, -0.25) is 4.79 Å². The van der Waals surface area contributed by atoms with Gasteiger partial charge in [0.1, 0.15) is 0 Å². The Balaban J connectivity index is 2.31. The van der Waals surface area contributed by atoms with Crippen LogP contribution in [0.15, 0.2) is 24.3 Å². The number of hydrogen-bond acceptors (Lipinski definition) is 4. The predicted octanol–water partition coefficient (Wildman–Crippen LogP) is 0.508. The van der Waals surface area contributed by atoms with E-state index >= 15 is 0 Å². The number of carbonyl (C=O) groups is 2. The minimum absolute atomic E-state index is 0.193. The van der Waals surface area contributed by atoms with Crippen molar-refractivity contribution in [3.05, 3.63) is 35.4 Å². The predicted molar refractivity (Wildman–Crippen MR) is 71.2 cm³/mol. The lowest BCUT2D eigenvalue weighted by Gasteiger charge is -2.06. The molecule has 0 radical (unpaired) electrons. The van der Waals surface area contributed by atoms with E-state index in [4.69, 9.17) is 10.5 Å². The highest BCUT2D eigenvalue weighted by molar-refractivity contribution is 5.71. The maximum atomic E-state index is 11.1. The smallest absolute Gasteiger partial charge is 0.319 e. The van der Waals surface area contributed by atoms with Gasteiger partial charge in [0.25, 0.3) is 0 Å². The van der Waals surface area contributed by atoms with Gasteiger partial charge in [-0.1, -0.05) is 24.3 Å². The van der Waals surface area contributed by atoms with Crippen molar-refractivity contribution in [1.82, 2.24) is 10.6 Å². The monoisotopic (exact) mass is 265 g/mol. The standard InChI is InChI=1S/C13H19N3O3/c1-2-19-12(17)9-15-7-10-3-5-11(6-4-10)8-16-13(14)18/h3-6,15H,2,7-9H2,1H3,(H3,14,16,18). The number of amides is 2. The van der Waals surface area contributed by atoms with Crippen molar-refractivity contribution in [3.63, 3.8) is 0 Å². The summed E-state index contributed by atoms with van der Waals surface area (Å²) in [5.74, 6) is -0.259. The fourth-order valence-corrected chi connectivity index (χ4v) is 1.49. The molecule has 0 aliphatic carbocycles. The Morgan fingerprint density at radius 2 is 1.74 bits per heavy atom. The zero-order valence-corrected chi connectivity index (χ0v) is 10.9. The number of hydrogen-bond donors (Lipinski definition) is 3. The van der Waals surface area contributed by atoms with E-state index in [0.717, 1.165) is 11.1 Å². The first-order chi connectivity index (χ1) is 9.11. The van der Waals surface area contributed by atoms with Gasteiger partial charge in [-0.15, -0.1) is 0 Å². The van der Waals surface area contributed by atoms with Crippen molar-refractivity contribution < 1.29 is 14.3 Å². The fourth-order valence-electron chi connectivity index (χ4n) is 1.49. The summed E-state index contributed by atoms with van der Waals surface area (Å²) in [7, 11) is 0. The summed E-state index contributed by atoms with van der Waals surface area (Å²) in [5.41, 5.74) is 7.00. The summed E-state index contributed by atoms with van der Waals surface area (Å²) in [6.45, 7) is 3.35. The Morgan fingerprint density at radius 3 is 2.26 bits per heavy atom. The molecule has 1 aromatic rings. The molecule has 0 fully saturated rings. The summed E-state index contributed by atoms with van der Waals surface area (Å²) in [4.78, 5) is 21.7.